The highest BCUT2D eigenvalue weighted by atomic mass is 16.5. The number of hydrogen-bond acceptors (Lipinski definition) is 6. The van der Waals surface area contributed by atoms with Crippen molar-refractivity contribution >= 4 is 12.0 Å². The van der Waals surface area contributed by atoms with Crippen molar-refractivity contribution < 1.29 is 18.8 Å². The number of carbonyl (C=O) groups excluding carboxylic acids is 1. The molecule has 1 fully saturated rings. The second-order valence-corrected chi connectivity index (χ2v) is 8.08. The van der Waals surface area contributed by atoms with Gasteiger partial charge in [0.15, 0.2) is 11.5 Å². The van der Waals surface area contributed by atoms with Gasteiger partial charge in [0.05, 0.1) is 14.2 Å². The van der Waals surface area contributed by atoms with E-state index >= 15 is 0 Å². The normalized spacial score (nSPS) is 14.4. The summed E-state index contributed by atoms with van der Waals surface area (Å²) in [6.07, 6.45) is 8.91. The molecule has 1 saturated carbocycles. The Morgan fingerprint density at radius 2 is 1.82 bits per heavy atom. The van der Waals surface area contributed by atoms with Crippen molar-refractivity contribution in [2.45, 2.75) is 44.7 Å². The lowest BCUT2D eigenvalue weighted by atomic mass is 9.94. The van der Waals surface area contributed by atoms with Crippen LogP contribution in [-0.4, -0.2) is 41.2 Å². The molecule has 33 heavy (non-hydrogen) atoms. The Hall–Kier alpha value is -3.61. The Bertz CT molecular complexity index is 1090. The number of methoxy groups -OCH3 is 2. The summed E-state index contributed by atoms with van der Waals surface area (Å²) in [5.41, 5.74) is 1.74. The van der Waals surface area contributed by atoms with Gasteiger partial charge in [0.25, 0.3) is 0 Å². The van der Waals surface area contributed by atoms with Crippen LogP contribution < -0.4 is 9.47 Å². The van der Waals surface area contributed by atoms with Crippen molar-refractivity contribution in [2.24, 2.45) is 0 Å². The van der Waals surface area contributed by atoms with Crippen molar-refractivity contribution in [3.8, 4) is 22.9 Å². The molecule has 7 heteroatoms. The first-order valence-corrected chi connectivity index (χ1v) is 11.3. The SMILES string of the molecule is COc1ccc(-c2noc(CN(C(=O)/C=C/c3ccccc3)C3CCCCC3)n2)cc1OC. The predicted molar refractivity (Wildman–Crippen MR) is 126 cm³/mol. The molecule has 172 valence electrons. The Morgan fingerprint density at radius 3 is 2.55 bits per heavy atom. The van der Waals surface area contributed by atoms with Crippen LogP contribution in [0.2, 0.25) is 0 Å². The molecular weight excluding hydrogens is 418 g/mol. The number of rotatable bonds is 8. The summed E-state index contributed by atoms with van der Waals surface area (Å²) in [7, 11) is 3.17. The number of amides is 1. The highest BCUT2D eigenvalue weighted by Gasteiger charge is 2.26. The van der Waals surface area contributed by atoms with Gasteiger partial charge in [-0.15, -0.1) is 0 Å². The molecule has 1 amide bonds. The molecule has 3 aromatic rings. The highest BCUT2D eigenvalue weighted by Crippen LogP contribution is 2.31. The molecule has 1 aromatic heterocycles. The smallest absolute Gasteiger partial charge is 0.247 e. The van der Waals surface area contributed by atoms with Crippen LogP contribution in [0.15, 0.2) is 59.1 Å². The molecule has 0 spiro atoms. The van der Waals surface area contributed by atoms with E-state index in [2.05, 4.69) is 10.1 Å². The summed E-state index contributed by atoms with van der Waals surface area (Å²) in [4.78, 5) is 19.6. The summed E-state index contributed by atoms with van der Waals surface area (Å²) < 4.78 is 16.2. The number of carbonyl (C=O) groups is 1. The van der Waals surface area contributed by atoms with Crippen molar-refractivity contribution in [2.75, 3.05) is 14.2 Å². The minimum atomic E-state index is -0.0448. The quantitative estimate of drug-likeness (QED) is 0.446. The van der Waals surface area contributed by atoms with Crippen LogP contribution >= 0.6 is 0 Å². The summed E-state index contributed by atoms with van der Waals surface area (Å²) in [5.74, 6) is 2.03. The Kier molecular flexibility index (Phi) is 7.40. The summed E-state index contributed by atoms with van der Waals surface area (Å²) in [6.45, 7) is 0.281. The third kappa shape index (κ3) is 5.61. The van der Waals surface area contributed by atoms with Gasteiger partial charge < -0.3 is 18.9 Å². The topological polar surface area (TPSA) is 77.7 Å². The minimum absolute atomic E-state index is 0.0448. The number of aromatic nitrogens is 2. The maximum absolute atomic E-state index is 13.2. The lowest BCUT2D eigenvalue weighted by Crippen LogP contribution is -2.40. The van der Waals surface area contributed by atoms with Gasteiger partial charge in [-0.05, 0) is 42.7 Å². The van der Waals surface area contributed by atoms with Gasteiger partial charge in [-0.2, -0.15) is 4.98 Å². The summed E-state index contributed by atoms with van der Waals surface area (Å²) >= 11 is 0. The fourth-order valence-electron chi connectivity index (χ4n) is 4.16. The van der Waals surface area contributed by atoms with E-state index in [1.54, 1.807) is 32.4 Å². The van der Waals surface area contributed by atoms with Crippen LogP contribution in [0, 0.1) is 0 Å². The molecule has 2 aromatic carbocycles. The van der Waals surface area contributed by atoms with Crippen molar-refractivity contribution in [1.82, 2.24) is 15.0 Å². The number of nitrogens with zero attached hydrogens (tertiary/aromatic N) is 3. The Morgan fingerprint density at radius 1 is 1.06 bits per heavy atom. The molecule has 0 radical (unpaired) electrons. The van der Waals surface area contributed by atoms with E-state index in [1.165, 1.54) is 6.42 Å². The van der Waals surface area contributed by atoms with E-state index in [4.69, 9.17) is 14.0 Å². The van der Waals surface area contributed by atoms with Crippen molar-refractivity contribution in [1.29, 1.82) is 0 Å². The van der Waals surface area contributed by atoms with Crippen LogP contribution in [0.4, 0.5) is 0 Å². The van der Waals surface area contributed by atoms with E-state index in [-0.39, 0.29) is 18.5 Å². The molecule has 1 aliphatic carbocycles. The summed E-state index contributed by atoms with van der Waals surface area (Å²) in [5, 5.41) is 4.13. The second kappa shape index (κ2) is 10.8. The minimum Gasteiger partial charge on any atom is -0.493 e. The first kappa shape index (κ1) is 22.6. The van der Waals surface area contributed by atoms with Gasteiger partial charge in [-0.3, -0.25) is 4.79 Å². The van der Waals surface area contributed by atoms with E-state index in [9.17, 15) is 4.79 Å². The lowest BCUT2D eigenvalue weighted by Gasteiger charge is -2.32. The predicted octanol–water partition coefficient (Wildman–Crippen LogP) is 5.13. The van der Waals surface area contributed by atoms with Gasteiger partial charge in [-0.25, -0.2) is 0 Å². The number of hydrogen-bond donors (Lipinski definition) is 0. The summed E-state index contributed by atoms with van der Waals surface area (Å²) in [6, 6.07) is 15.4. The standard InChI is InChI=1S/C26H29N3O4/c1-31-22-15-14-20(17-23(22)32-2)26-27-24(33-28-26)18-29(21-11-7-4-8-12-21)25(30)16-13-19-9-5-3-6-10-19/h3,5-6,9-10,13-17,21H,4,7-8,11-12,18H2,1-2H3/b16-13+. The average molecular weight is 448 g/mol. The van der Waals surface area contributed by atoms with E-state index in [0.717, 1.165) is 36.8 Å². The van der Waals surface area contributed by atoms with E-state index in [1.807, 2.05) is 47.4 Å². The van der Waals surface area contributed by atoms with Gasteiger partial charge >= 0.3 is 0 Å². The van der Waals surface area contributed by atoms with Crippen LogP contribution in [0.3, 0.4) is 0 Å². The van der Waals surface area contributed by atoms with Gasteiger partial charge in [-0.1, -0.05) is 54.8 Å². The molecule has 0 aliphatic heterocycles. The first-order valence-electron chi connectivity index (χ1n) is 11.3. The van der Waals surface area contributed by atoms with E-state index in [0.29, 0.717) is 23.2 Å². The van der Waals surface area contributed by atoms with Crippen LogP contribution in [0.1, 0.15) is 43.6 Å². The second-order valence-electron chi connectivity index (χ2n) is 8.08. The lowest BCUT2D eigenvalue weighted by molar-refractivity contribution is -0.130. The maximum Gasteiger partial charge on any atom is 0.247 e. The van der Waals surface area contributed by atoms with Crippen LogP contribution in [-0.2, 0) is 11.3 Å². The van der Waals surface area contributed by atoms with Crippen LogP contribution in [0.25, 0.3) is 17.5 Å². The molecule has 0 N–H and O–H groups in total. The average Bonchev–Trinajstić information content (AvgIpc) is 3.35. The molecule has 7 nitrogen and oxygen atoms in total. The van der Waals surface area contributed by atoms with Crippen molar-refractivity contribution in [3.63, 3.8) is 0 Å². The molecular formula is C26H29N3O4. The third-order valence-electron chi connectivity index (χ3n) is 5.93. The fourth-order valence-corrected chi connectivity index (χ4v) is 4.16. The molecule has 1 heterocycles. The Labute approximate surface area is 194 Å². The zero-order valence-corrected chi connectivity index (χ0v) is 19.1. The maximum atomic E-state index is 13.2. The Balaban J connectivity index is 1.53. The number of ether oxygens (including phenoxy) is 2. The van der Waals surface area contributed by atoms with Gasteiger partial charge in [0, 0.05) is 17.7 Å². The largest absolute Gasteiger partial charge is 0.493 e. The molecule has 0 bridgehead atoms. The van der Waals surface area contributed by atoms with Crippen molar-refractivity contribution in [3.05, 3.63) is 66.1 Å². The highest BCUT2D eigenvalue weighted by molar-refractivity contribution is 5.92. The van der Waals surface area contributed by atoms with Gasteiger partial charge in [0.2, 0.25) is 17.6 Å². The number of benzene rings is 2. The third-order valence-corrected chi connectivity index (χ3v) is 5.93. The first-order chi connectivity index (χ1) is 16.2. The van der Waals surface area contributed by atoms with Crippen LogP contribution in [0.5, 0.6) is 11.5 Å². The fraction of sp³-hybridized carbons (Fsp3) is 0.346. The molecule has 0 unspecified atom stereocenters. The van der Waals surface area contributed by atoms with Gasteiger partial charge in [0.1, 0.15) is 6.54 Å². The zero-order chi connectivity index (χ0) is 23.0. The zero-order valence-electron chi connectivity index (χ0n) is 19.1. The van der Waals surface area contributed by atoms with E-state index < -0.39 is 0 Å². The molecule has 4 rings (SSSR count). The monoisotopic (exact) mass is 447 g/mol. The molecule has 0 atom stereocenters. The molecule has 1 aliphatic rings. The molecule has 0 saturated heterocycles.